The van der Waals surface area contributed by atoms with E-state index in [1.807, 2.05) is 6.92 Å². The largest absolute Gasteiger partial charge is 0.338 e. The van der Waals surface area contributed by atoms with Crippen LogP contribution in [0.25, 0.3) is 0 Å². The molecule has 4 heteroatoms. The van der Waals surface area contributed by atoms with Gasteiger partial charge in [-0.3, -0.25) is 4.90 Å². The summed E-state index contributed by atoms with van der Waals surface area (Å²) in [7, 11) is 2.15. The minimum atomic E-state index is 0.220. The lowest BCUT2D eigenvalue weighted by molar-refractivity contribution is 0.164. The smallest absolute Gasteiger partial charge is 0.243 e. The third-order valence-corrected chi connectivity index (χ3v) is 3.83. The Morgan fingerprint density at radius 2 is 2.06 bits per heavy atom. The van der Waals surface area contributed by atoms with Gasteiger partial charge in [0.15, 0.2) is 5.82 Å². The molecule has 0 bridgehead atoms. The predicted molar refractivity (Wildman–Crippen MR) is 66.7 cm³/mol. The van der Waals surface area contributed by atoms with Gasteiger partial charge < -0.3 is 4.52 Å². The van der Waals surface area contributed by atoms with E-state index in [4.69, 9.17) is 4.52 Å². The van der Waals surface area contributed by atoms with Crippen molar-refractivity contribution in [2.45, 2.75) is 52.0 Å². The zero-order valence-corrected chi connectivity index (χ0v) is 11.1. The van der Waals surface area contributed by atoms with E-state index in [0.29, 0.717) is 0 Å². The van der Waals surface area contributed by atoms with Crippen LogP contribution in [0.1, 0.15) is 56.8 Å². The first-order valence-electron chi connectivity index (χ1n) is 6.67. The predicted octanol–water partition coefficient (Wildman–Crippen LogP) is 2.95. The second-order valence-electron chi connectivity index (χ2n) is 5.30. The molecule has 0 aliphatic heterocycles. The molecule has 0 N–H and O–H groups in total. The van der Waals surface area contributed by atoms with Crippen LogP contribution in [0.5, 0.6) is 0 Å². The first kappa shape index (κ1) is 12.6. The Morgan fingerprint density at radius 1 is 1.35 bits per heavy atom. The molecule has 1 aliphatic carbocycles. The Labute approximate surface area is 103 Å². The number of rotatable bonds is 4. The lowest BCUT2D eigenvalue weighted by Crippen LogP contribution is -2.29. The second-order valence-corrected chi connectivity index (χ2v) is 5.30. The van der Waals surface area contributed by atoms with E-state index in [2.05, 4.69) is 29.0 Å². The summed E-state index contributed by atoms with van der Waals surface area (Å²) in [5.74, 6) is 2.30. The molecule has 1 aromatic heterocycles. The van der Waals surface area contributed by atoms with E-state index in [0.717, 1.165) is 24.2 Å². The van der Waals surface area contributed by atoms with Crippen molar-refractivity contribution in [3.05, 3.63) is 11.7 Å². The molecule has 1 saturated carbocycles. The molecule has 4 nitrogen and oxygen atoms in total. The van der Waals surface area contributed by atoms with Crippen LogP contribution in [0.4, 0.5) is 0 Å². The van der Waals surface area contributed by atoms with E-state index in [1.54, 1.807) is 0 Å². The van der Waals surface area contributed by atoms with Crippen LogP contribution in [0.2, 0.25) is 0 Å². The van der Waals surface area contributed by atoms with Crippen LogP contribution in [0, 0.1) is 12.8 Å². The molecular weight excluding hydrogens is 214 g/mol. The fourth-order valence-corrected chi connectivity index (χ4v) is 2.61. The molecule has 1 unspecified atom stereocenters. The zero-order chi connectivity index (χ0) is 12.3. The minimum absolute atomic E-state index is 0.220. The standard InChI is InChI=1S/C13H23N3O/c1-10(13-14-11(2)15-17-13)16(3)9-12-7-5-4-6-8-12/h10,12H,4-9H2,1-3H3. The van der Waals surface area contributed by atoms with E-state index in [1.165, 1.54) is 32.1 Å². The Hall–Kier alpha value is -0.900. The summed E-state index contributed by atoms with van der Waals surface area (Å²) in [6, 6.07) is 0.220. The van der Waals surface area contributed by atoms with Crippen LogP contribution in [-0.4, -0.2) is 28.6 Å². The molecule has 17 heavy (non-hydrogen) atoms. The first-order chi connectivity index (χ1) is 8.16. The Bertz CT molecular complexity index is 344. The number of aromatic nitrogens is 2. The average molecular weight is 237 g/mol. The molecule has 0 saturated heterocycles. The van der Waals surface area contributed by atoms with E-state index >= 15 is 0 Å². The highest BCUT2D eigenvalue weighted by atomic mass is 16.5. The third-order valence-electron chi connectivity index (χ3n) is 3.83. The summed E-state index contributed by atoms with van der Waals surface area (Å²) >= 11 is 0. The summed E-state index contributed by atoms with van der Waals surface area (Å²) in [6.45, 7) is 5.14. The van der Waals surface area contributed by atoms with Crippen molar-refractivity contribution >= 4 is 0 Å². The molecule has 1 heterocycles. The van der Waals surface area contributed by atoms with Gasteiger partial charge in [-0.2, -0.15) is 4.98 Å². The third kappa shape index (κ3) is 3.28. The lowest BCUT2D eigenvalue weighted by Gasteiger charge is -2.29. The van der Waals surface area contributed by atoms with Crippen LogP contribution in [0.3, 0.4) is 0 Å². The molecule has 1 aromatic rings. The SMILES string of the molecule is Cc1noc(C(C)N(C)CC2CCCCC2)n1. The van der Waals surface area contributed by atoms with Crippen LogP contribution in [-0.2, 0) is 0 Å². The molecule has 0 radical (unpaired) electrons. The van der Waals surface area contributed by atoms with Gasteiger partial charge in [-0.1, -0.05) is 24.4 Å². The number of hydrogen-bond donors (Lipinski definition) is 0. The van der Waals surface area contributed by atoms with Gasteiger partial charge in [0.25, 0.3) is 0 Å². The van der Waals surface area contributed by atoms with Gasteiger partial charge in [0.05, 0.1) is 6.04 Å². The number of hydrogen-bond acceptors (Lipinski definition) is 4. The topological polar surface area (TPSA) is 42.2 Å². The second kappa shape index (κ2) is 5.63. The Kier molecular flexibility index (Phi) is 4.15. The maximum Gasteiger partial charge on any atom is 0.243 e. The van der Waals surface area contributed by atoms with Gasteiger partial charge in [-0.25, -0.2) is 0 Å². The summed E-state index contributed by atoms with van der Waals surface area (Å²) in [6.07, 6.45) is 6.96. The van der Waals surface area contributed by atoms with Gasteiger partial charge in [0, 0.05) is 6.54 Å². The van der Waals surface area contributed by atoms with Crippen LogP contribution in [0.15, 0.2) is 4.52 Å². The summed E-state index contributed by atoms with van der Waals surface area (Å²) < 4.78 is 5.23. The van der Waals surface area contributed by atoms with Gasteiger partial charge in [0.1, 0.15) is 0 Å². The molecule has 0 amide bonds. The summed E-state index contributed by atoms with van der Waals surface area (Å²) in [5.41, 5.74) is 0. The molecule has 1 aliphatic rings. The van der Waals surface area contributed by atoms with E-state index in [-0.39, 0.29) is 6.04 Å². The Morgan fingerprint density at radius 3 is 2.65 bits per heavy atom. The highest BCUT2D eigenvalue weighted by molar-refractivity contribution is 4.90. The van der Waals surface area contributed by atoms with Gasteiger partial charge in [0.2, 0.25) is 5.89 Å². The molecule has 96 valence electrons. The molecule has 0 spiro atoms. The first-order valence-corrected chi connectivity index (χ1v) is 6.67. The number of nitrogens with zero attached hydrogens (tertiary/aromatic N) is 3. The highest BCUT2D eigenvalue weighted by Crippen LogP contribution is 2.26. The van der Waals surface area contributed by atoms with Crippen LogP contribution < -0.4 is 0 Å². The zero-order valence-electron chi connectivity index (χ0n) is 11.1. The van der Waals surface area contributed by atoms with Crippen molar-refractivity contribution in [2.75, 3.05) is 13.6 Å². The average Bonchev–Trinajstić information content (AvgIpc) is 2.76. The summed E-state index contributed by atoms with van der Waals surface area (Å²) in [5, 5.41) is 3.85. The van der Waals surface area contributed by atoms with Crippen LogP contribution >= 0.6 is 0 Å². The molecule has 0 aromatic carbocycles. The van der Waals surface area contributed by atoms with Gasteiger partial charge in [-0.15, -0.1) is 0 Å². The quantitative estimate of drug-likeness (QED) is 0.807. The van der Waals surface area contributed by atoms with E-state index < -0.39 is 0 Å². The van der Waals surface area contributed by atoms with Gasteiger partial charge in [-0.05, 0) is 39.7 Å². The highest BCUT2D eigenvalue weighted by Gasteiger charge is 2.22. The van der Waals surface area contributed by atoms with Crippen molar-refractivity contribution in [3.63, 3.8) is 0 Å². The fraction of sp³-hybridized carbons (Fsp3) is 0.846. The molecular formula is C13H23N3O. The minimum Gasteiger partial charge on any atom is -0.338 e. The van der Waals surface area contributed by atoms with Crippen molar-refractivity contribution in [2.24, 2.45) is 5.92 Å². The molecule has 2 rings (SSSR count). The van der Waals surface area contributed by atoms with Crippen molar-refractivity contribution < 1.29 is 4.52 Å². The van der Waals surface area contributed by atoms with Gasteiger partial charge >= 0.3 is 0 Å². The van der Waals surface area contributed by atoms with Crippen molar-refractivity contribution in [3.8, 4) is 0 Å². The molecule has 1 atom stereocenters. The Balaban J connectivity index is 1.88. The lowest BCUT2D eigenvalue weighted by atomic mass is 9.89. The van der Waals surface area contributed by atoms with Crippen molar-refractivity contribution in [1.29, 1.82) is 0 Å². The maximum absolute atomic E-state index is 5.23. The van der Waals surface area contributed by atoms with E-state index in [9.17, 15) is 0 Å². The molecule has 1 fully saturated rings. The number of aryl methyl sites for hydroxylation is 1. The summed E-state index contributed by atoms with van der Waals surface area (Å²) in [4.78, 5) is 6.64. The fourth-order valence-electron chi connectivity index (χ4n) is 2.61. The monoisotopic (exact) mass is 237 g/mol. The normalized spacial score (nSPS) is 19.8. The van der Waals surface area contributed by atoms with Crippen molar-refractivity contribution in [1.82, 2.24) is 15.0 Å². The maximum atomic E-state index is 5.23.